The Labute approximate surface area is 171 Å². The minimum absolute atomic E-state index is 0.118. The predicted octanol–water partition coefficient (Wildman–Crippen LogP) is 2.96. The van der Waals surface area contributed by atoms with Crippen molar-refractivity contribution in [3.8, 4) is 0 Å². The van der Waals surface area contributed by atoms with Gasteiger partial charge in [0.1, 0.15) is 0 Å². The van der Waals surface area contributed by atoms with Gasteiger partial charge in [-0.25, -0.2) is 4.79 Å². The third-order valence-electron chi connectivity index (χ3n) is 4.45. The second kappa shape index (κ2) is 11.0. The van der Waals surface area contributed by atoms with E-state index in [1.54, 1.807) is 24.3 Å². The van der Waals surface area contributed by atoms with Crippen molar-refractivity contribution >= 4 is 17.8 Å². The van der Waals surface area contributed by atoms with E-state index >= 15 is 0 Å². The van der Waals surface area contributed by atoms with Crippen molar-refractivity contribution in [1.82, 2.24) is 10.6 Å². The van der Waals surface area contributed by atoms with Gasteiger partial charge < -0.3 is 15.4 Å². The highest BCUT2D eigenvalue weighted by Crippen LogP contribution is 2.14. The molecule has 0 radical (unpaired) electrons. The molecular formula is C23H28N2O4. The first-order valence-corrected chi connectivity index (χ1v) is 9.71. The molecule has 0 spiro atoms. The van der Waals surface area contributed by atoms with Crippen molar-refractivity contribution in [2.24, 2.45) is 0 Å². The van der Waals surface area contributed by atoms with Gasteiger partial charge in [-0.3, -0.25) is 9.59 Å². The van der Waals surface area contributed by atoms with Gasteiger partial charge in [0.05, 0.1) is 5.56 Å². The van der Waals surface area contributed by atoms with Crippen molar-refractivity contribution in [1.29, 1.82) is 0 Å². The maximum atomic E-state index is 12.0. The monoisotopic (exact) mass is 396 g/mol. The van der Waals surface area contributed by atoms with E-state index in [0.29, 0.717) is 31.0 Å². The lowest BCUT2D eigenvalue weighted by atomic mass is 10.0. The second-order valence-corrected chi connectivity index (χ2v) is 7.18. The summed E-state index contributed by atoms with van der Waals surface area (Å²) in [6, 6.07) is 15.0. The van der Waals surface area contributed by atoms with Gasteiger partial charge in [0.2, 0.25) is 5.91 Å². The van der Waals surface area contributed by atoms with Gasteiger partial charge in [-0.2, -0.15) is 0 Å². The van der Waals surface area contributed by atoms with Gasteiger partial charge in [-0.05, 0) is 41.2 Å². The van der Waals surface area contributed by atoms with Crippen LogP contribution in [0.25, 0.3) is 0 Å². The maximum absolute atomic E-state index is 12.0. The molecule has 0 heterocycles. The fourth-order valence-electron chi connectivity index (χ4n) is 2.67. The highest BCUT2D eigenvalue weighted by atomic mass is 16.5. The lowest BCUT2D eigenvalue weighted by molar-refractivity contribution is -0.124. The minimum atomic E-state index is -0.560. The lowest BCUT2D eigenvalue weighted by Gasteiger charge is -2.09. The highest BCUT2D eigenvalue weighted by molar-refractivity contribution is 5.91. The van der Waals surface area contributed by atoms with E-state index in [2.05, 4.69) is 48.7 Å². The molecule has 6 heteroatoms. The third-order valence-corrected chi connectivity index (χ3v) is 4.45. The van der Waals surface area contributed by atoms with Crippen LogP contribution in [0.4, 0.5) is 0 Å². The van der Waals surface area contributed by atoms with E-state index < -0.39 is 5.97 Å². The van der Waals surface area contributed by atoms with Crippen molar-refractivity contribution in [2.75, 3.05) is 13.2 Å². The fraction of sp³-hybridized carbons (Fsp3) is 0.348. The standard InChI is InChI=1S/C23H28N2O4/c1-16(2)20-8-4-18(5-9-20)12-13-24-22(27)15-29-23(28)21-10-6-19(7-11-21)14-25-17(3)26/h4-11,16H,12-15H2,1-3H3,(H,24,27)(H,25,26). The summed E-state index contributed by atoms with van der Waals surface area (Å²) in [5.41, 5.74) is 3.66. The van der Waals surface area contributed by atoms with Gasteiger partial charge in [0.25, 0.3) is 5.91 Å². The Bertz CT molecular complexity index is 827. The zero-order chi connectivity index (χ0) is 21.2. The molecule has 0 atom stereocenters. The fourth-order valence-corrected chi connectivity index (χ4v) is 2.67. The van der Waals surface area contributed by atoms with Crippen LogP contribution in [-0.2, 0) is 27.3 Å². The SMILES string of the molecule is CC(=O)NCc1ccc(C(=O)OCC(=O)NCCc2ccc(C(C)C)cc2)cc1. The van der Waals surface area contributed by atoms with Crippen LogP contribution in [0.15, 0.2) is 48.5 Å². The molecule has 0 fully saturated rings. The number of benzene rings is 2. The normalized spacial score (nSPS) is 10.5. The predicted molar refractivity (Wildman–Crippen MR) is 111 cm³/mol. The van der Waals surface area contributed by atoms with Gasteiger partial charge in [-0.1, -0.05) is 50.2 Å². The molecule has 2 N–H and O–H groups in total. The molecule has 6 nitrogen and oxygen atoms in total. The second-order valence-electron chi connectivity index (χ2n) is 7.18. The maximum Gasteiger partial charge on any atom is 0.338 e. The van der Waals surface area contributed by atoms with Crippen LogP contribution in [0.3, 0.4) is 0 Å². The summed E-state index contributed by atoms with van der Waals surface area (Å²) in [4.78, 5) is 34.8. The number of esters is 1. The van der Waals surface area contributed by atoms with Crippen LogP contribution in [-0.4, -0.2) is 30.9 Å². The van der Waals surface area contributed by atoms with Gasteiger partial charge >= 0.3 is 5.97 Å². The van der Waals surface area contributed by atoms with Gasteiger partial charge in [0, 0.05) is 20.0 Å². The van der Waals surface area contributed by atoms with E-state index in [1.165, 1.54) is 12.5 Å². The molecule has 0 bridgehead atoms. The molecule has 0 saturated heterocycles. The topological polar surface area (TPSA) is 84.5 Å². The molecular weight excluding hydrogens is 368 g/mol. The average Bonchev–Trinajstić information content (AvgIpc) is 2.71. The van der Waals surface area contributed by atoms with E-state index in [4.69, 9.17) is 4.74 Å². The number of hydrogen-bond acceptors (Lipinski definition) is 4. The lowest BCUT2D eigenvalue weighted by Crippen LogP contribution is -2.30. The zero-order valence-electron chi connectivity index (χ0n) is 17.2. The Balaban J connectivity index is 1.70. The quantitative estimate of drug-likeness (QED) is 0.638. The summed E-state index contributed by atoms with van der Waals surface area (Å²) in [6.07, 6.45) is 0.716. The number of ether oxygens (including phenoxy) is 1. The Morgan fingerprint density at radius 2 is 1.52 bits per heavy atom. The first-order chi connectivity index (χ1) is 13.8. The highest BCUT2D eigenvalue weighted by Gasteiger charge is 2.10. The summed E-state index contributed by atoms with van der Waals surface area (Å²) in [5, 5.41) is 5.44. The van der Waals surface area contributed by atoms with Crippen LogP contribution in [0.1, 0.15) is 53.7 Å². The first kappa shape index (κ1) is 22.1. The molecule has 0 aliphatic heterocycles. The molecule has 2 aromatic rings. The summed E-state index contributed by atoms with van der Waals surface area (Å²) in [5.74, 6) is -0.520. The molecule has 0 aliphatic rings. The number of nitrogens with one attached hydrogen (secondary N) is 2. The smallest absolute Gasteiger partial charge is 0.338 e. The van der Waals surface area contributed by atoms with Crippen molar-refractivity contribution < 1.29 is 19.1 Å². The summed E-state index contributed by atoms with van der Waals surface area (Å²) in [7, 11) is 0. The molecule has 154 valence electrons. The number of hydrogen-bond donors (Lipinski definition) is 2. The molecule has 0 aromatic heterocycles. The van der Waals surface area contributed by atoms with Crippen LogP contribution in [0.2, 0.25) is 0 Å². The molecule has 0 unspecified atom stereocenters. The van der Waals surface area contributed by atoms with E-state index in [-0.39, 0.29) is 18.4 Å². The summed E-state index contributed by atoms with van der Waals surface area (Å²) in [6.45, 7) is 6.30. The zero-order valence-corrected chi connectivity index (χ0v) is 17.2. The van der Waals surface area contributed by atoms with Gasteiger partial charge in [-0.15, -0.1) is 0 Å². The van der Waals surface area contributed by atoms with Crippen molar-refractivity contribution in [3.63, 3.8) is 0 Å². The summed E-state index contributed by atoms with van der Waals surface area (Å²) >= 11 is 0. The van der Waals surface area contributed by atoms with Crippen LogP contribution in [0, 0.1) is 0 Å². The van der Waals surface area contributed by atoms with E-state index in [9.17, 15) is 14.4 Å². The average molecular weight is 396 g/mol. The Kier molecular flexibility index (Phi) is 8.40. The van der Waals surface area contributed by atoms with E-state index in [1.807, 2.05) is 0 Å². The van der Waals surface area contributed by atoms with Crippen molar-refractivity contribution in [2.45, 2.75) is 39.7 Å². The molecule has 0 saturated carbocycles. The molecule has 2 rings (SSSR count). The van der Waals surface area contributed by atoms with Crippen LogP contribution >= 0.6 is 0 Å². The van der Waals surface area contributed by atoms with Gasteiger partial charge in [0.15, 0.2) is 6.61 Å². The third kappa shape index (κ3) is 7.78. The number of carbonyl (C=O) groups is 3. The minimum Gasteiger partial charge on any atom is -0.452 e. The number of rotatable bonds is 9. The Hall–Kier alpha value is -3.15. The molecule has 2 amide bonds. The molecule has 29 heavy (non-hydrogen) atoms. The Morgan fingerprint density at radius 1 is 0.897 bits per heavy atom. The number of amides is 2. The first-order valence-electron chi connectivity index (χ1n) is 9.71. The van der Waals surface area contributed by atoms with Crippen LogP contribution < -0.4 is 10.6 Å². The molecule has 2 aromatic carbocycles. The Morgan fingerprint density at radius 3 is 2.10 bits per heavy atom. The largest absolute Gasteiger partial charge is 0.452 e. The summed E-state index contributed by atoms with van der Waals surface area (Å²) < 4.78 is 5.05. The van der Waals surface area contributed by atoms with E-state index in [0.717, 1.165) is 11.1 Å². The van der Waals surface area contributed by atoms with Crippen molar-refractivity contribution in [3.05, 3.63) is 70.8 Å². The van der Waals surface area contributed by atoms with Crippen LogP contribution in [0.5, 0.6) is 0 Å². The molecule has 0 aliphatic carbocycles. The number of carbonyl (C=O) groups excluding carboxylic acids is 3.